The van der Waals surface area contributed by atoms with Crippen molar-refractivity contribution in [1.29, 1.82) is 0 Å². The van der Waals surface area contributed by atoms with Gasteiger partial charge in [-0.3, -0.25) is 4.57 Å². The molecule has 1 aliphatic rings. The van der Waals surface area contributed by atoms with Crippen LogP contribution in [0.4, 0.5) is 4.39 Å². The number of aryl methyl sites for hydroxylation is 1. The number of rotatable bonds is 1. The molecule has 7 heteroatoms. The Morgan fingerprint density at radius 3 is 2.71 bits per heavy atom. The molecule has 1 atom stereocenters. The Morgan fingerprint density at radius 1 is 1.12 bits per heavy atom. The van der Waals surface area contributed by atoms with E-state index in [-0.39, 0.29) is 5.82 Å². The Morgan fingerprint density at radius 2 is 1.92 bits per heavy atom. The Bertz CT molecular complexity index is 982. The van der Waals surface area contributed by atoms with E-state index in [4.69, 9.17) is 0 Å². The van der Waals surface area contributed by atoms with Crippen molar-refractivity contribution >= 4 is 28.3 Å². The summed E-state index contributed by atoms with van der Waals surface area (Å²) in [5.41, 5.74) is 2.24. The first-order valence-electron chi connectivity index (χ1n) is 7.29. The number of hydrogen-bond acceptors (Lipinski definition) is 4. The number of hydrogen-bond donors (Lipinski definition) is 1. The maximum atomic E-state index is 14.4. The van der Waals surface area contributed by atoms with Gasteiger partial charge in [0.15, 0.2) is 5.82 Å². The molecule has 5 nitrogen and oxygen atoms in total. The lowest BCUT2D eigenvalue weighted by Crippen LogP contribution is -2.10. The summed E-state index contributed by atoms with van der Waals surface area (Å²) in [6.45, 7) is 1.80. The van der Waals surface area contributed by atoms with Gasteiger partial charge < -0.3 is 5.11 Å². The Balaban J connectivity index is 2.07. The number of aromatic nitrogens is 3. The van der Waals surface area contributed by atoms with E-state index in [0.717, 1.165) is 14.8 Å². The van der Waals surface area contributed by atoms with Crippen LogP contribution in [0.2, 0.25) is 0 Å². The number of benzene rings is 2. The number of nitrogens with zero attached hydrogens (tertiary/aromatic N) is 4. The van der Waals surface area contributed by atoms with Crippen LogP contribution in [-0.2, 0) is 0 Å². The molecule has 0 fully saturated rings. The first-order chi connectivity index (χ1) is 11.6. The summed E-state index contributed by atoms with van der Waals surface area (Å²) >= 11 is 2.20. The minimum Gasteiger partial charge on any atom is -0.365 e. The van der Waals surface area contributed by atoms with Gasteiger partial charge in [-0.1, -0.05) is 12.1 Å². The number of aliphatic imine (C=N–C) groups is 1. The van der Waals surface area contributed by atoms with E-state index >= 15 is 0 Å². The van der Waals surface area contributed by atoms with E-state index in [2.05, 4.69) is 37.8 Å². The Kier molecular flexibility index (Phi) is 3.69. The zero-order valence-electron chi connectivity index (χ0n) is 12.6. The molecule has 0 bridgehead atoms. The topological polar surface area (TPSA) is 63.3 Å². The van der Waals surface area contributed by atoms with Crippen molar-refractivity contribution < 1.29 is 9.50 Å². The van der Waals surface area contributed by atoms with Crippen LogP contribution in [0.1, 0.15) is 29.0 Å². The maximum absolute atomic E-state index is 14.4. The molecular weight excluding hydrogens is 422 g/mol. The van der Waals surface area contributed by atoms with Gasteiger partial charge in [0, 0.05) is 14.7 Å². The summed E-state index contributed by atoms with van der Waals surface area (Å²) in [6, 6.07) is 12.2. The summed E-state index contributed by atoms with van der Waals surface area (Å²) in [5, 5.41) is 18.5. The Hall–Kier alpha value is -2.13. The average Bonchev–Trinajstić information content (AvgIpc) is 2.89. The second-order valence-electron chi connectivity index (χ2n) is 5.43. The Labute approximate surface area is 151 Å². The summed E-state index contributed by atoms with van der Waals surface area (Å²) in [4.78, 5) is 4.35. The van der Waals surface area contributed by atoms with Gasteiger partial charge in [-0.05, 0) is 59.8 Å². The lowest BCUT2D eigenvalue weighted by molar-refractivity contribution is 0.177. The third kappa shape index (κ3) is 2.35. The van der Waals surface area contributed by atoms with Crippen LogP contribution in [0.3, 0.4) is 0 Å². The van der Waals surface area contributed by atoms with Crippen LogP contribution < -0.4 is 0 Å². The second-order valence-corrected chi connectivity index (χ2v) is 6.68. The molecule has 0 radical (unpaired) electrons. The van der Waals surface area contributed by atoms with E-state index in [0.29, 0.717) is 22.9 Å². The highest BCUT2D eigenvalue weighted by Gasteiger charge is 2.27. The van der Waals surface area contributed by atoms with E-state index in [1.54, 1.807) is 29.7 Å². The van der Waals surface area contributed by atoms with Crippen LogP contribution in [0.25, 0.3) is 5.69 Å². The van der Waals surface area contributed by atoms with Crippen LogP contribution in [0.5, 0.6) is 0 Å². The van der Waals surface area contributed by atoms with Gasteiger partial charge in [-0.2, -0.15) is 0 Å². The SMILES string of the molecule is Cc1nnc2n1-c1ccc(I)cc1C(c1ccccc1F)=NC2O. The molecule has 1 N–H and O–H groups in total. The van der Waals surface area contributed by atoms with E-state index in [1.807, 2.05) is 18.2 Å². The van der Waals surface area contributed by atoms with Crippen LogP contribution in [0, 0.1) is 16.3 Å². The minimum absolute atomic E-state index is 0.321. The summed E-state index contributed by atoms with van der Waals surface area (Å²) in [6.07, 6.45) is -1.22. The van der Waals surface area contributed by atoms with Gasteiger partial charge in [-0.15, -0.1) is 10.2 Å². The molecule has 3 aromatic rings. The summed E-state index contributed by atoms with van der Waals surface area (Å²) in [5.74, 6) is 0.570. The van der Waals surface area contributed by atoms with Crippen molar-refractivity contribution in [3.63, 3.8) is 0 Å². The van der Waals surface area contributed by atoms with E-state index in [1.165, 1.54) is 6.07 Å². The molecule has 0 amide bonds. The molecule has 1 aliphatic heterocycles. The fourth-order valence-electron chi connectivity index (χ4n) is 2.85. The van der Waals surface area contributed by atoms with Crippen molar-refractivity contribution in [2.75, 3.05) is 0 Å². The first kappa shape index (κ1) is 15.4. The van der Waals surface area contributed by atoms with Gasteiger partial charge in [0.2, 0.25) is 6.23 Å². The molecule has 0 aliphatic carbocycles. The molecular formula is C17H12FIN4O. The first-order valence-corrected chi connectivity index (χ1v) is 8.37. The number of aliphatic hydroxyl groups is 1. The van der Waals surface area contributed by atoms with Crippen LogP contribution >= 0.6 is 22.6 Å². The van der Waals surface area contributed by atoms with Gasteiger partial charge in [0.25, 0.3) is 0 Å². The van der Waals surface area contributed by atoms with Crippen molar-refractivity contribution in [3.8, 4) is 5.69 Å². The van der Waals surface area contributed by atoms with Gasteiger partial charge in [0.05, 0.1) is 11.4 Å². The smallest absolute Gasteiger partial charge is 0.207 e. The molecule has 2 heterocycles. The number of fused-ring (bicyclic) bond motifs is 3. The highest BCUT2D eigenvalue weighted by molar-refractivity contribution is 14.1. The monoisotopic (exact) mass is 434 g/mol. The average molecular weight is 434 g/mol. The highest BCUT2D eigenvalue weighted by atomic mass is 127. The largest absolute Gasteiger partial charge is 0.365 e. The van der Waals surface area contributed by atoms with Crippen molar-refractivity contribution in [2.45, 2.75) is 13.2 Å². The highest BCUT2D eigenvalue weighted by Crippen LogP contribution is 2.31. The van der Waals surface area contributed by atoms with Crippen molar-refractivity contribution in [1.82, 2.24) is 14.8 Å². The molecule has 2 aromatic carbocycles. The molecule has 0 spiro atoms. The number of halogens is 2. The molecule has 1 unspecified atom stereocenters. The fourth-order valence-corrected chi connectivity index (χ4v) is 3.35. The van der Waals surface area contributed by atoms with Crippen molar-refractivity contribution in [2.24, 2.45) is 4.99 Å². The van der Waals surface area contributed by atoms with Crippen LogP contribution in [-0.4, -0.2) is 25.6 Å². The molecule has 1 aromatic heterocycles. The normalized spacial score (nSPS) is 16.2. The molecule has 0 saturated heterocycles. The minimum atomic E-state index is -1.22. The molecule has 120 valence electrons. The zero-order chi connectivity index (χ0) is 16.8. The van der Waals surface area contributed by atoms with Crippen LogP contribution in [0.15, 0.2) is 47.5 Å². The van der Waals surface area contributed by atoms with Gasteiger partial charge in [-0.25, -0.2) is 9.38 Å². The lowest BCUT2D eigenvalue weighted by Gasteiger charge is -2.13. The quantitative estimate of drug-likeness (QED) is 0.599. The van der Waals surface area contributed by atoms with E-state index in [9.17, 15) is 9.50 Å². The standard InChI is InChI=1S/C17H12FIN4O/c1-9-21-22-16-17(24)20-15(11-4-2-3-5-13(11)18)12-8-10(19)6-7-14(12)23(9)16/h2-8,17,24H,1H3. The van der Waals surface area contributed by atoms with Crippen molar-refractivity contribution in [3.05, 3.63) is 74.6 Å². The second kappa shape index (κ2) is 5.75. The van der Waals surface area contributed by atoms with E-state index < -0.39 is 6.23 Å². The third-order valence-corrected chi connectivity index (χ3v) is 4.59. The molecule has 24 heavy (non-hydrogen) atoms. The predicted octanol–water partition coefficient (Wildman–Crippen LogP) is 3.16. The zero-order valence-corrected chi connectivity index (χ0v) is 14.8. The summed E-state index contributed by atoms with van der Waals surface area (Å²) in [7, 11) is 0. The van der Waals surface area contributed by atoms with Gasteiger partial charge >= 0.3 is 0 Å². The molecule has 0 saturated carbocycles. The maximum Gasteiger partial charge on any atom is 0.207 e. The third-order valence-electron chi connectivity index (χ3n) is 3.92. The summed E-state index contributed by atoms with van der Waals surface area (Å²) < 4.78 is 17.1. The number of aliphatic hydroxyl groups excluding tert-OH is 1. The fraction of sp³-hybridized carbons (Fsp3) is 0.118. The molecule has 4 rings (SSSR count). The van der Waals surface area contributed by atoms with Gasteiger partial charge in [0.1, 0.15) is 11.6 Å². The predicted molar refractivity (Wildman–Crippen MR) is 95.8 cm³/mol. The lowest BCUT2D eigenvalue weighted by atomic mass is 10.00.